The van der Waals surface area contributed by atoms with Gasteiger partial charge in [-0.05, 0) is 11.6 Å². The molecule has 1 heterocycles. The first-order valence-corrected chi connectivity index (χ1v) is 9.71. The van der Waals surface area contributed by atoms with Crippen LogP contribution in [-0.4, -0.2) is 69.7 Å². The number of benzene rings is 1. The topological polar surface area (TPSA) is 242 Å². The highest BCUT2D eigenvalue weighted by Crippen LogP contribution is 2.19. The zero-order valence-corrected chi connectivity index (χ0v) is 17.3. The van der Waals surface area contributed by atoms with Gasteiger partial charge in [-0.25, -0.2) is 9.59 Å². The molecule has 0 saturated heterocycles. The lowest BCUT2D eigenvalue weighted by molar-refractivity contribution is -0.139. The fourth-order valence-electron chi connectivity index (χ4n) is 2.88. The van der Waals surface area contributed by atoms with Crippen LogP contribution >= 0.6 is 0 Å². The third kappa shape index (κ3) is 7.19. The third-order valence-electron chi connectivity index (χ3n) is 4.57. The number of hydrogen-bond donors (Lipinski definition) is 9. The molecule has 1 aromatic heterocycles. The van der Waals surface area contributed by atoms with Gasteiger partial charge >= 0.3 is 12.0 Å². The van der Waals surface area contributed by atoms with Gasteiger partial charge in [-0.3, -0.25) is 25.2 Å². The number of carboxylic acid groups (broad SMARTS) is 1. The number of carbonyl (C=O) groups excluding carboxylic acids is 4. The number of carbonyl (C=O) groups is 5. The van der Waals surface area contributed by atoms with E-state index in [-0.39, 0.29) is 6.42 Å². The number of urea groups is 1. The molecule has 14 nitrogen and oxygen atoms in total. The first-order chi connectivity index (χ1) is 15.6. The molecular formula is C19H25N7O7. The molecule has 178 valence electrons. The summed E-state index contributed by atoms with van der Waals surface area (Å²) in [6.45, 7) is -0.680. The molecule has 1 aromatic carbocycles. The number of amides is 5. The van der Waals surface area contributed by atoms with Crippen LogP contribution < -0.4 is 33.0 Å². The number of hydrazine groups is 1. The van der Waals surface area contributed by atoms with Gasteiger partial charge in [-0.15, -0.1) is 0 Å². The van der Waals surface area contributed by atoms with E-state index in [9.17, 15) is 29.1 Å². The number of hydrogen-bond acceptors (Lipinski definition) is 7. The standard InChI is InChI=1S/C19H25N7O7/c20-11(8-27)16(29)25-26-17(30)13(6-15(21)28)23-19(33)24-14(18(31)32)5-9-7-22-12-4-2-1-3-10(9)12/h1-4,7,11,13-14,22,27H,5-6,8,20H2,(H2,21,28)(H,25,29)(H,26,30)(H,31,32)(H2,23,24,33). The lowest BCUT2D eigenvalue weighted by Gasteiger charge is -2.20. The van der Waals surface area contributed by atoms with Gasteiger partial charge in [0, 0.05) is 23.5 Å². The highest BCUT2D eigenvalue weighted by Gasteiger charge is 2.27. The Hall–Kier alpha value is -4.17. The summed E-state index contributed by atoms with van der Waals surface area (Å²) < 4.78 is 0. The van der Waals surface area contributed by atoms with E-state index in [1.807, 2.05) is 23.0 Å². The van der Waals surface area contributed by atoms with Crippen molar-refractivity contribution < 1.29 is 34.2 Å². The molecule has 5 amide bonds. The van der Waals surface area contributed by atoms with E-state index in [0.29, 0.717) is 5.56 Å². The zero-order valence-electron chi connectivity index (χ0n) is 17.3. The van der Waals surface area contributed by atoms with Crippen molar-refractivity contribution >= 4 is 40.6 Å². The van der Waals surface area contributed by atoms with E-state index in [0.717, 1.165) is 10.9 Å². The lowest BCUT2D eigenvalue weighted by atomic mass is 10.1. The molecular weight excluding hydrogens is 438 g/mol. The number of fused-ring (bicyclic) bond motifs is 1. The lowest BCUT2D eigenvalue weighted by Crippen LogP contribution is -2.58. The van der Waals surface area contributed by atoms with Crippen molar-refractivity contribution in [2.24, 2.45) is 11.5 Å². The number of aliphatic hydroxyl groups excluding tert-OH is 1. The minimum atomic E-state index is -1.53. The summed E-state index contributed by atoms with van der Waals surface area (Å²) in [4.78, 5) is 62.1. The fourth-order valence-corrected chi connectivity index (χ4v) is 2.88. The number of aromatic nitrogens is 1. The minimum absolute atomic E-state index is 0.0610. The van der Waals surface area contributed by atoms with Crippen LogP contribution in [0.15, 0.2) is 30.5 Å². The second kappa shape index (κ2) is 11.4. The van der Waals surface area contributed by atoms with Crippen LogP contribution in [0.4, 0.5) is 4.79 Å². The van der Waals surface area contributed by atoms with Crippen LogP contribution in [0.2, 0.25) is 0 Å². The van der Waals surface area contributed by atoms with Crippen molar-refractivity contribution in [1.82, 2.24) is 26.5 Å². The summed E-state index contributed by atoms with van der Waals surface area (Å²) >= 11 is 0. The molecule has 0 aliphatic carbocycles. The van der Waals surface area contributed by atoms with Crippen LogP contribution in [0.3, 0.4) is 0 Å². The van der Waals surface area contributed by atoms with Crippen LogP contribution in [0.25, 0.3) is 10.9 Å². The first-order valence-electron chi connectivity index (χ1n) is 9.71. The molecule has 2 rings (SSSR count). The second-order valence-corrected chi connectivity index (χ2v) is 7.06. The molecule has 0 spiro atoms. The highest BCUT2D eigenvalue weighted by molar-refractivity contribution is 5.93. The number of aliphatic carboxylic acids is 1. The normalized spacial score (nSPS) is 13.4. The van der Waals surface area contributed by atoms with Gasteiger partial charge in [-0.2, -0.15) is 0 Å². The molecule has 3 atom stereocenters. The second-order valence-electron chi connectivity index (χ2n) is 7.06. The maximum Gasteiger partial charge on any atom is 0.326 e. The number of aromatic amines is 1. The maximum absolute atomic E-state index is 12.4. The Labute approximate surface area is 187 Å². The number of para-hydroxylation sites is 1. The predicted molar refractivity (Wildman–Crippen MR) is 114 cm³/mol. The van der Waals surface area contributed by atoms with Crippen LogP contribution in [-0.2, 0) is 25.6 Å². The van der Waals surface area contributed by atoms with Crippen LogP contribution in [0, 0.1) is 0 Å². The van der Waals surface area contributed by atoms with Gasteiger partial charge in [0.2, 0.25) is 5.91 Å². The predicted octanol–water partition coefficient (Wildman–Crippen LogP) is -2.83. The molecule has 14 heteroatoms. The molecule has 11 N–H and O–H groups in total. The molecule has 0 aliphatic heterocycles. The van der Waals surface area contributed by atoms with Crippen molar-refractivity contribution in [2.75, 3.05) is 6.61 Å². The van der Waals surface area contributed by atoms with Gasteiger partial charge in [-0.1, -0.05) is 18.2 Å². The largest absolute Gasteiger partial charge is 0.480 e. The number of carboxylic acids is 1. The number of nitrogens with one attached hydrogen (secondary N) is 5. The molecule has 0 saturated carbocycles. The fraction of sp³-hybridized carbons (Fsp3) is 0.316. The van der Waals surface area contributed by atoms with Crippen molar-refractivity contribution in [3.63, 3.8) is 0 Å². The highest BCUT2D eigenvalue weighted by atomic mass is 16.4. The zero-order chi connectivity index (χ0) is 24.5. The summed E-state index contributed by atoms with van der Waals surface area (Å²) in [5, 5.41) is 23.5. The van der Waals surface area contributed by atoms with E-state index < -0.39 is 60.9 Å². The van der Waals surface area contributed by atoms with E-state index in [1.54, 1.807) is 18.3 Å². The van der Waals surface area contributed by atoms with Crippen molar-refractivity contribution in [3.8, 4) is 0 Å². The SMILES string of the molecule is NC(=O)CC(NC(=O)NC(Cc1c[nH]c2ccccc12)C(=O)O)C(=O)NNC(=O)C(N)CO. The monoisotopic (exact) mass is 463 g/mol. The maximum atomic E-state index is 12.4. The number of aliphatic hydroxyl groups is 1. The van der Waals surface area contributed by atoms with E-state index in [1.165, 1.54) is 0 Å². The van der Waals surface area contributed by atoms with E-state index in [4.69, 9.17) is 16.6 Å². The Morgan fingerprint density at radius 2 is 1.64 bits per heavy atom. The number of nitrogens with two attached hydrogens (primary N) is 2. The third-order valence-corrected chi connectivity index (χ3v) is 4.57. The molecule has 0 aliphatic rings. The Balaban J connectivity index is 2.03. The average Bonchev–Trinajstić information content (AvgIpc) is 3.18. The van der Waals surface area contributed by atoms with Gasteiger partial charge < -0.3 is 37.3 Å². The van der Waals surface area contributed by atoms with Crippen molar-refractivity contribution in [3.05, 3.63) is 36.0 Å². The summed E-state index contributed by atoms with van der Waals surface area (Å²) in [5.41, 5.74) is 15.7. The molecule has 0 radical (unpaired) electrons. The summed E-state index contributed by atoms with van der Waals surface area (Å²) in [6.07, 6.45) is 0.930. The molecule has 3 unspecified atom stereocenters. The molecule has 0 bridgehead atoms. The minimum Gasteiger partial charge on any atom is -0.480 e. The Morgan fingerprint density at radius 3 is 2.27 bits per heavy atom. The van der Waals surface area contributed by atoms with Gasteiger partial charge in [0.05, 0.1) is 13.0 Å². The first kappa shape index (κ1) is 25.1. The van der Waals surface area contributed by atoms with E-state index in [2.05, 4.69) is 15.6 Å². The quantitative estimate of drug-likeness (QED) is 0.166. The van der Waals surface area contributed by atoms with Crippen molar-refractivity contribution in [1.29, 1.82) is 0 Å². The summed E-state index contributed by atoms with van der Waals surface area (Å²) in [6, 6.07) is 1.96. The Kier molecular flexibility index (Phi) is 8.71. The van der Waals surface area contributed by atoms with Crippen LogP contribution in [0.5, 0.6) is 0 Å². The van der Waals surface area contributed by atoms with E-state index >= 15 is 0 Å². The number of rotatable bonds is 10. The average molecular weight is 463 g/mol. The smallest absolute Gasteiger partial charge is 0.326 e. The molecule has 0 fully saturated rings. The van der Waals surface area contributed by atoms with Gasteiger partial charge in [0.1, 0.15) is 18.1 Å². The molecule has 33 heavy (non-hydrogen) atoms. The van der Waals surface area contributed by atoms with Gasteiger partial charge in [0.25, 0.3) is 11.8 Å². The van der Waals surface area contributed by atoms with Crippen molar-refractivity contribution in [2.45, 2.75) is 31.0 Å². The summed E-state index contributed by atoms with van der Waals surface area (Å²) in [7, 11) is 0. The molecule has 2 aromatic rings. The summed E-state index contributed by atoms with van der Waals surface area (Å²) in [5.74, 6) is -4.21. The number of primary amides is 1. The Bertz CT molecular complexity index is 1040. The van der Waals surface area contributed by atoms with Crippen LogP contribution in [0.1, 0.15) is 12.0 Å². The number of H-pyrrole nitrogens is 1. The van der Waals surface area contributed by atoms with Gasteiger partial charge in [0.15, 0.2) is 0 Å². The Morgan fingerprint density at radius 1 is 1.00 bits per heavy atom.